The first-order valence-electron chi connectivity index (χ1n) is 5.31. The van der Waals surface area contributed by atoms with Gasteiger partial charge in [0, 0.05) is 5.69 Å². The molecule has 0 spiro atoms. The lowest BCUT2D eigenvalue weighted by Gasteiger charge is -2.19. The molecule has 3 nitrogen and oxygen atoms in total. The van der Waals surface area contributed by atoms with Crippen molar-refractivity contribution in [1.29, 1.82) is 0 Å². The van der Waals surface area contributed by atoms with Crippen LogP contribution in [0.5, 0.6) is 5.75 Å². The zero-order chi connectivity index (χ0) is 13.1. The number of hydrogen-bond donors (Lipinski definition) is 1. The van der Waals surface area contributed by atoms with Crippen LogP contribution in [-0.4, -0.2) is 18.8 Å². The third-order valence-electron chi connectivity index (χ3n) is 1.89. The highest BCUT2D eigenvalue weighted by molar-refractivity contribution is 6.37. The van der Waals surface area contributed by atoms with E-state index in [0.29, 0.717) is 34.7 Å². The molecule has 0 aliphatic rings. The van der Waals surface area contributed by atoms with Crippen LogP contribution in [0.25, 0.3) is 0 Å². The standard InChI is InChI=1S/C12H17Cl2NO2/c1-12(2,3)17-5-4-16-11-9(13)6-8(15)7-10(11)14/h6-7H,4-5,15H2,1-3H3. The third kappa shape index (κ3) is 5.02. The van der Waals surface area contributed by atoms with Crippen molar-refractivity contribution in [1.82, 2.24) is 0 Å². The first-order chi connectivity index (χ1) is 7.79. The summed E-state index contributed by atoms with van der Waals surface area (Å²) in [7, 11) is 0. The summed E-state index contributed by atoms with van der Waals surface area (Å²) in [5, 5.41) is 0.816. The molecule has 0 unspecified atom stereocenters. The first-order valence-corrected chi connectivity index (χ1v) is 6.06. The molecule has 0 radical (unpaired) electrons. The molecule has 0 aromatic heterocycles. The van der Waals surface area contributed by atoms with Crippen LogP contribution >= 0.6 is 23.2 Å². The maximum absolute atomic E-state index is 5.97. The van der Waals surface area contributed by atoms with Crippen LogP contribution in [0.15, 0.2) is 12.1 Å². The maximum Gasteiger partial charge on any atom is 0.156 e. The highest BCUT2D eigenvalue weighted by Crippen LogP contribution is 2.34. The summed E-state index contributed by atoms with van der Waals surface area (Å²) in [6.07, 6.45) is 0. The number of ether oxygens (including phenoxy) is 2. The number of anilines is 1. The van der Waals surface area contributed by atoms with Gasteiger partial charge in [0.05, 0.1) is 22.3 Å². The molecular formula is C12H17Cl2NO2. The van der Waals surface area contributed by atoms with Crippen molar-refractivity contribution in [3.8, 4) is 5.75 Å². The van der Waals surface area contributed by atoms with Gasteiger partial charge in [-0.1, -0.05) is 23.2 Å². The molecule has 0 saturated heterocycles. The normalized spacial score (nSPS) is 11.6. The largest absolute Gasteiger partial charge is 0.488 e. The molecule has 0 amide bonds. The predicted molar refractivity (Wildman–Crippen MR) is 72.1 cm³/mol. The SMILES string of the molecule is CC(C)(C)OCCOc1c(Cl)cc(N)cc1Cl. The van der Waals surface area contributed by atoms with Gasteiger partial charge in [-0.3, -0.25) is 0 Å². The van der Waals surface area contributed by atoms with Gasteiger partial charge in [-0.25, -0.2) is 0 Å². The summed E-state index contributed by atoms with van der Waals surface area (Å²) >= 11 is 11.9. The fourth-order valence-electron chi connectivity index (χ4n) is 1.21. The van der Waals surface area contributed by atoms with Crippen molar-refractivity contribution >= 4 is 28.9 Å². The van der Waals surface area contributed by atoms with Gasteiger partial charge in [0.2, 0.25) is 0 Å². The molecule has 1 aromatic rings. The number of benzene rings is 1. The van der Waals surface area contributed by atoms with Crippen LogP contribution in [0.4, 0.5) is 5.69 Å². The summed E-state index contributed by atoms with van der Waals surface area (Å²) in [5.41, 5.74) is 5.92. The molecule has 0 bridgehead atoms. The average molecular weight is 278 g/mol. The Balaban J connectivity index is 2.53. The summed E-state index contributed by atoms with van der Waals surface area (Å²) in [4.78, 5) is 0. The molecule has 0 fully saturated rings. The number of rotatable bonds is 4. The van der Waals surface area contributed by atoms with Crippen LogP contribution in [-0.2, 0) is 4.74 Å². The number of halogens is 2. The fourth-order valence-corrected chi connectivity index (χ4v) is 1.82. The van der Waals surface area contributed by atoms with Gasteiger partial charge in [0.1, 0.15) is 6.61 Å². The molecule has 5 heteroatoms. The Morgan fingerprint density at radius 1 is 1.12 bits per heavy atom. The van der Waals surface area contributed by atoms with Gasteiger partial charge in [-0.15, -0.1) is 0 Å². The topological polar surface area (TPSA) is 44.5 Å². The molecule has 2 N–H and O–H groups in total. The molecule has 1 aromatic carbocycles. The molecule has 0 heterocycles. The Kier molecular flexibility index (Phi) is 4.92. The van der Waals surface area contributed by atoms with E-state index in [1.165, 1.54) is 0 Å². The van der Waals surface area contributed by atoms with Crippen LogP contribution < -0.4 is 10.5 Å². The van der Waals surface area contributed by atoms with E-state index in [4.69, 9.17) is 38.4 Å². The number of nitrogen functional groups attached to an aromatic ring is 1. The second kappa shape index (κ2) is 5.80. The zero-order valence-corrected chi connectivity index (χ0v) is 11.7. The van der Waals surface area contributed by atoms with Gasteiger partial charge < -0.3 is 15.2 Å². The molecule has 0 aliphatic heterocycles. The van der Waals surface area contributed by atoms with E-state index in [0.717, 1.165) is 0 Å². The van der Waals surface area contributed by atoms with E-state index in [2.05, 4.69) is 0 Å². The molecule has 1 rings (SSSR count). The average Bonchev–Trinajstić information content (AvgIpc) is 2.13. The highest BCUT2D eigenvalue weighted by Gasteiger charge is 2.11. The van der Waals surface area contributed by atoms with Crippen molar-refractivity contribution in [3.05, 3.63) is 22.2 Å². The highest BCUT2D eigenvalue weighted by atomic mass is 35.5. The molecular weight excluding hydrogens is 261 g/mol. The lowest BCUT2D eigenvalue weighted by molar-refractivity contribution is -0.0162. The Bertz CT molecular complexity index is 366. The minimum absolute atomic E-state index is 0.182. The van der Waals surface area contributed by atoms with Gasteiger partial charge >= 0.3 is 0 Å². The quantitative estimate of drug-likeness (QED) is 0.673. The van der Waals surface area contributed by atoms with Gasteiger partial charge in [-0.2, -0.15) is 0 Å². The summed E-state index contributed by atoms with van der Waals surface area (Å²) < 4.78 is 11.0. The van der Waals surface area contributed by atoms with Gasteiger partial charge in [-0.05, 0) is 32.9 Å². The zero-order valence-electron chi connectivity index (χ0n) is 10.2. The summed E-state index contributed by atoms with van der Waals surface area (Å²) in [6, 6.07) is 3.21. The Morgan fingerprint density at radius 2 is 1.65 bits per heavy atom. The second-order valence-electron chi connectivity index (χ2n) is 4.62. The van der Waals surface area contributed by atoms with Crippen LogP contribution in [0, 0.1) is 0 Å². The van der Waals surface area contributed by atoms with E-state index in [-0.39, 0.29) is 5.60 Å². The smallest absolute Gasteiger partial charge is 0.156 e. The second-order valence-corrected chi connectivity index (χ2v) is 5.44. The molecule has 17 heavy (non-hydrogen) atoms. The van der Waals surface area contributed by atoms with Crippen molar-refractivity contribution in [2.45, 2.75) is 26.4 Å². The lowest BCUT2D eigenvalue weighted by atomic mass is 10.2. The Morgan fingerprint density at radius 3 is 2.12 bits per heavy atom. The van der Waals surface area contributed by atoms with Crippen molar-refractivity contribution in [2.75, 3.05) is 18.9 Å². The summed E-state index contributed by atoms with van der Waals surface area (Å²) in [6.45, 7) is 6.81. The molecule has 0 aliphatic carbocycles. The monoisotopic (exact) mass is 277 g/mol. The minimum atomic E-state index is -0.182. The summed E-state index contributed by atoms with van der Waals surface area (Å²) in [5.74, 6) is 0.444. The molecule has 0 atom stereocenters. The van der Waals surface area contributed by atoms with E-state index in [1.54, 1.807) is 12.1 Å². The predicted octanol–water partition coefficient (Wildman–Crippen LogP) is 3.77. The third-order valence-corrected chi connectivity index (χ3v) is 2.45. The van der Waals surface area contributed by atoms with E-state index < -0.39 is 0 Å². The van der Waals surface area contributed by atoms with Crippen molar-refractivity contribution in [3.63, 3.8) is 0 Å². The van der Waals surface area contributed by atoms with Crippen LogP contribution in [0.3, 0.4) is 0 Å². The Labute approximate surface area is 112 Å². The molecule has 0 saturated carbocycles. The molecule has 96 valence electrons. The Hall–Kier alpha value is -0.640. The fraction of sp³-hybridized carbons (Fsp3) is 0.500. The van der Waals surface area contributed by atoms with Gasteiger partial charge in [0.25, 0.3) is 0 Å². The van der Waals surface area contributed by atoms with Crippen LogP contribution in [0.2, 0.25) is 10.0 Å². The number of hydrogen-bond acceptors (Lipinski definition) is 3. The minimum Gasteiger partial charge on any atom is -0.488 e. The first kappa shape index (κ1) is 14.4. The number of nitrogens with two attached hydrogens (primary N) is 1. The van der Waals surface area contributed by atoms with E-state index in [9.17, 15) is 0 Å². The van der Waals surface area contributed by atoms with Crippen LogP contribution in [0.1, 0.15) is 20.8 Å². The van der Waals surface area contributed by atoms with Crippen molar-refractivity contribution < 1.29 is 9.47 Å². The van der Waals surface area contributed by atoms with Crippen molar-refractivity contribution in [2.24, 2.45) is 0 Å². The van der Waals surface area contributed by atoms with E-state index >= 15 is 0 Å². The lowest BCUT2D eigenvalue weighted by Crippen LogP contribution is -2.22. The maximum atomic E-state index is 5.97. The van der Waals surface area contributed by atoms with E-state index in [1.807, 2.05) is 20.8 Å². The van der Waals surface area contributed by atoms with Gasteiger partial charge in [0.15, 0.2) is 5.75 Å².